The lowest BCUT2D eigenvalue weighted by Crippen LogP contribution is -2.22. The first-order chi connectivity index (χ1) is 6.63. The zero-order valence-corrected chi connectivity index (χ0v) is 8.06. The Kier molecular flexibility index (Phi) is 3.34. The minimum atomic E-state index is -0.993. The second-order valence-corrected chi connectivity index (χ2v) is 2.78. The fourth-order valence-electron chi connectivity index (χ4n) is 0.929. The summed E-state index contributed by atoms with van der Waals surface area (Å²) >= 11 is 0. The van der Waals surface area contributed by atoms with Crippen molar-refractivity contribution in [2.45, 2.75) is 13.0 Å². The number of benzene rings is 1. The molecule has 0 amide bonds. The van der Waals surface area contributed by atoms with Crippen molar-refractivity contribution >= 4 is 5.97 Å². The summed E-state index contributed by atoms with van der Waals surface area (Å²) in [5.74, 6) is 0.132. The van der Waals surface area contributed by atoms with Gasteiger partial charge in [0.05, 0.1) is 7.11 Å². The molecule has 0 aliphatic heterocycles. The van der Waals surface area contributed by atoms with Crippen LogP contribution in [0.3, 0.4) is 0 Å². The predicted octanol–water partition coefficient (Wildman–Crippen LogP) is 1.55. The van der Waals surface area contributed by atoms with E-state index in [2.05, 4.69) is 0 Å². The molecule has 0 radical (unpaired) electrons. The van der Waals surface area contributed by atoms with Crippen molar-refractivity contribution in [3.05, 3.63) is 24.3 Å². The van der Waals surface area contributed by atoms with Gasteiger partial charge in [-0.2, -0.15) is 0 Å². The third-order valence-corrected chi connectivity index (χ3v) is 1.70. The molecule has 76 valence electrons. The number of methoxy groups -OCH3 is 1. The zero-order valence-electron chi connectivity index (χ0n) is 8.06. The largest absolute Gasteiger partial charge is 0.497 e. The van der Waals surface area contributed by atoms with Gasteiger partial charge in [-0.1, -0.05) is 6.07 Å². The van der Waals surface area contributed by atoms with Crippen molar-refractivity contribution in [3.63, 3.8) is 0 Å². The number of carbonyl (C=O) groups is 1. The smallest absolute Gasteiger partial charge is 0.344 e. The highest BCUT2D eigenvalue weighted by Crippen LogP contribution is 2.19. The average Bonchev–Trinajstić information content (AvgIpc) is 2.18. The van der Waals surface area contributed by atoms with E-state index in [1.54, 1.807) is 31.4 Å². The van der Waals surface area contributed by atoms with Crippen LogP contribution in [0.2, 0.25) is 0 Å². The summed E-state index contributed by atoms with van der Waals surface area (Å²) in [7, 11) is 1.54. The van der Waals surface area contributed by atoms with E-state index in [0.29, 0.717) is 11.5 Å². The molecule has 0 bridgehead atoms. The summed E-state index contributed by atoms with van der Waals surface area (Å²) in [6, 6.07) is 6.82. The standard InChI is InChI=1S/C10H12O4/c1-7(10(11)12)14-9-5-3-4-8(6-9)13-2/h3-7H,1-2H3,(H,11,12). The van der Waals surface area contributed by atoms with Crippen LogP contribution in [-0.2, 0) is 4.79 Å². The molecule has 0 spiro atoms. The highest BCUT2D eigenvalue weighted by Gasteiger charge is 2.12. The van der Waals surface area contributed by atoms with Gasteiger partial charge in [-0.05, 0) is 19.1 Å². The van der Waals surface area contributed by atoms with E-state index in [4.69, 9.17) is 14.6 Å². The minimum Gasteiger partial charge on any atom is -0.497 e. The van der Waals surface area contributed by atoms with Crippen molar-refractivity contribution in [2.24, 2.45) is 0 Å². The maximum atomic E-state index is 10.5. The van der Waals surface area contributed by atoms with E-state index in [1.807, 2.05) is 0 Å². The van der Waals surface area contributed by atoms with Gasteiger partial charge in [0.2, 0.25) is 0 Å². The van der Waals surface area contributed by atoms with Crippen LogP contribution in [0.5, 0.6) is 11.5 Å². The van der Waals surface area contributed by atoms with Gasteiger partial charge in [-0.3, -0.25) is 0 Å². The molecular formula is C10H12O4. The van der Waals surface area contributed by atoms with Gasteiger partial charge in [0.1, 0.15) is 11.5 Å². The third kappa shape index (κ3) is 2.65. The summed E-state index contributed by atoms with van der Waals surface area (Å²) in [6.07, 6.45) is -0.859. The van der Waals surface area contributed by atoms with Crippen LogP contribution >= 0.6 is 0 Å². The van der Waals surface area contributed by atoms with Gasteiger partial charge < -0.3 is 14.6 Å². The fourth-order valence-corrected chi connectivity index (χ4v) is 0.929. The van der Waals surface area contributed by atoms with E-state index in [0.717, 1.165) is 0 Å². The quantitative estimate of drug-likeness (QED) is 0.793. The lowest BCUT2D eigenvalue weighted by Gasteiger charge is -2.10. The SMILES string of the molecule is COc1cccc(OC(C)C(=O)O)c1. The molecule has 1 aromatic carbocycles. The molecule has 4 nitrogen and oxygen atoms in total. The number of hydrogen-bond acceptors (Lipinski definition) is 3. The van der Waals surface area contributed by atoms with E-state index in [-0.39, 0.29) is 0 Å². The van der Waals surface area contributed by atoms with E-state index >= 15 is 0 Å². The van der Waals surface area contributed by atoms with Gasteiger partial charge in [-0.15, -0.1) is 0 Å². The lowest BCUT2D eigenvalue weighted by atomic mass is 10.3. The number of carboxylic acids is 1. The maximum Gasteiger partial charge on any atom is 0.344 e. The highest BCUT2D eigenvalue weighted by atomic mass is 16.5. The van der Waals surface area contributed by atoms with Crippen molar-refractivity contribution in [3.8, 4) is 11.5 Å². The van der Waals surface area contributed by atoms with Crippen LogP contribution in [0.4, 0.5) is 0 Å². The first-order valence-corrected chi connectivity index (χ1v) is 4.17. The van der Waals surface area contributed by atoms with E-state index in [9.17, 15) is 4.79 Å². The summed E-state index contributed by atoms with van der Waals surface area (Å²) in [5, 5.41) is 8.61. The molecular weight excluding hydrogens is 184 g/mol. The molecule has 1 N–H and O–H groups in total. The van der Waals surface area contributed by atoms with Crippen LogP contribution in [0.25, 0.3) is 0 Å². The van der Waals surface area contributed by atoms with Gasteiger partial charge in [0.25, 0.3) is 0 Å². The Hall–Kier alpha value is -1.71. The van der Waals surface area contributed by atoms with Crippen LogP contribution in [-0.4, -0.2) is 24.3 Å². The summed E-state index contributed by atoms with van der Waals surface area (Å²) < 4.78 is 10.1. The zero-order chi connectivity index (χ0) is 10.6. The molecule has 0 fully saturated rings. The Bertz CT molecular complexity index is 322. The Labute approximate surface area is 82.1 Å². The second-order valence-electron chi connectivity index (χ2n) is 2.78. The number of aliphatic carboxylic acids is 1. The Balaban J connectivity index is 2.71. The molecule has 0 saturated carbocycles. The molecule has 1 unspecified atom stereocenters. The van der Waals surface area contributed by atoms with Crippen molar-refractivity contribution in [1.29, 1.82) is 0 Å². The maximum absolute atomic E-state index is 10.5. The van der Waals surface area contributed by atoms with Crippen molar-refractivity contribution in [2.75, 3.05) is 7.11 Å². The van der Waals surface area contributed by atoms with Crippen LogP contribution in [0.15, 0.2) is 24.3 Å². The molecule has 1 atom stereocenters. The number of hydrogen-bond donors (Lipinski definition) is 1. The predicted molar refractivity (Wildman–Crippen MR) is 50.7 cm³/mol. The lowest BCUT2D eigenvalue weighted by molar-refractivity contribution is -0.144. The van der Waals surface area contributed by atoms with Crippen LogP contribution < -0.4 is 9.47 Å². The summed E-state index contributed by atoms with van der Waals surface area (Å²) in [6.45, 7) is 1.47. The minimum absolute atomic E-state index is 0.485. The molecule has 1 rings (SSSR count). The Morgan fingerprint density at radius 3 is 2.64 bits per heavy atom. The number of rotatable bonds is 4. The molecule has 0 saturated heterocycles. The molecule has 14 heavy (non-hydrogen) atoms. The molecule has 0 aromatic heterocycles. The molecule has 4 heteroatoms. The monoisotopic (exact) mass is 196 g/mol. The molecule has 0 aliphatic rings. The number of carboxylic acid groups (broad SMARTS) is 1. The topological polar surface area (TPSA) is 55.8 Å². The van der Waals surface area contributed by atoms with Gasteiger partial charge in [-0.25, -0.2) is 4.79 Å². The molecule has 0 aliphatic carbocycles. The normalized spacial score (nSPS) is 11.9. The number of ether oxygens (including phenoxy) is 2. The van der Waals surface area contributed by atoms with Gasteiger partial charge >= 0.3 is 5.97 Å². The molecule has 1 aromatic rings. The summed E-state index contributed by atoms with van der Waals surface area (Å²) in [5.41, 5.74) is 0. The third-order valence-electron chi connectivity index (χ3n) is 1.70. The van der Waals surface area contributed by atoms with Crippen molar-refractivity contribution in [1.82, 2.24) is 0 Å². The highest BCUT2D eigenvalue weighted by molar-refractivity contribution is 5.72. The van der Waals surface area contributed by atoms with E-state index in [1.165, 1.54) is 6.92 Å². The van der Waals surface area contributed by atoms with E-state index < -0.39 is 12.1 Å². The second kappa shape index (κ2) is 4.50. The Morgan fingerprint density at radius 2 is 2.07 bits per heavy atom. The fraction of sp³-hybridized carbons (Fsp3) is 0.300. The van der Waals surface area contributed by atoms with Crippen molar-refractivity contribution < 1.29 is 19.4 Å². The van der Waals surface area contributed by atoms with Gasteiger partial charge in [0.15, 0.2) is 6.10 Å². The van der Waals surface area contributed by atoms with Gasteiger partial charge in [0, 0.05) is 6.07 Å². The van der Waals surface area contributed by atoms with Crippen LogP contribution in [0, 0.1) is 0 Å². The van der Waals surface area contributed by atoms with Crippen LogP contribution in [0.1, 0.15) is 6.92 Å². The molecule has 0 heterocycles. The Morgan fingerprint density at radius 1 is 1.43 bits per heavy atom. The first kappa shape index (κ1) is 10.4. The first-order valence-electron chi connectivity index (χ1n) is 4.17. The average molecular weight is 196 g/mol. The summed E-state index contributed by atoms with van der Waals surface area (Å²) in [4.78, 5) is 10.5.